The Morgan fingerprint density at radius 2 is 1.95 bits per heavy atom. The number of aliphatic hydroxyl groups is 1. The monoisotopic (exact) mass is 258 g/mol. The van der Waals surface area contributed by atoms with Crippen molar-refractivity contribution < 1.29 is 5.11 Å². The molecular formula is C16H22N2O. The Balaban J connectivity index is 1.98. The third-order valence-electron chi connectivity index (χ3n) is 4.08. The summed E-state index contributed by atoms with van der Waals surface area (Å²) >= 11 is 0. The van der Waals surface area contributed by atoms with Crippen molar-refractivity contribution >= 4 is 0 Å². The topological polar surface area (TPSA) is 47.3 Å². The van der Waals surface area contributed by atoms with E-state index in [9.17, 15) is 5.11 Å². The molecule has 0 saturated heterocycles. The number of hydrogen-bond acceptors (Lipinski definition) is 3. The summed E-state index contributed by atoms with van der Waals surface area (Å²) in [5.41, 5.74) is 1.54. The number of hydrogen-bond donors (Lipinski definition) is 1. The molecule has 1 aromatic carbocycles. The van der Waals surface area contributed by atoms with Gasteiger partial charge in [0.25, 0.3) is 0 Å². The first kappa shape index (κ1) is 14.0. The number of likely N-dealkylation sites (N-methyl/N-ethyl adjacent to an activating group) is 1. The van der Waals surface area contributed by atoms with Crippen LogP contribution in [0.25, 0.3) is 0 Å². The van der Waals surface area contributed by atoms with Crippen LogP contribution in [0.1, 0.15) is 49.8 Å². The van der Waals surface area contributed by atoms with Crippen molar-refractivity contribution in [3.8, 4) is 6.07 Å². The lowest BCUT2D eigenvalue weighted by Crippen LogP contribution is -2.36. The molecule has 1 aliphatic carbocycles. The molecule has 102 valence electrons. The molecule has 19 heavy (non-hydrogen) atoms. The molecule has 3 heteroatoms. The predicted octanol–water partition coefficient (Wildman–Crippen LogP) is 2.86. The molecular weight excluding hydrogens is 236 g/mol. The van der Waals surface area contributed by atoms with Crippen molar-refractivity contribution in [1.82, 2.24) is 4.90 Å². The van der Waals surface area contributed by atoms with Crippen molar-refractivity contribution in [1.29, 1.82) is 5.26 Å². The number of nitrogens with zero attached hydrogens (tertiary/aromatic N) is 2. The SMILES string of the molecule is CCN(CC(O)c1ccc(C#N)cc1)C1CCCC1. The van der Waals surface area contributed by atoms with Crippen molar-refractivity contribution in [2.75, 3.05) is 13.1 Å². The van der Waals surface area contributed by atoms with Gasteiger partial charge in [-0.25, -0.2) is 0 Å². The van der Waals surface area contributed by atoms with Crippen LogP contribution in [0.15, 0.2) is 24.3 Å². The fourth-order valence-corrected chi connectivity index (χ4v) is 2.91. The molecule has 2 rings (SSSR count). The summed E-state index contributed by atoms with van der Waals surface area (Å²) < 4.78 is 0. The number of nitriles is 1. The fourth-order valence-electron chi connectivity index (χ4n) is 2.91. The zero-order valence-corrected chi connectivity index (χ0v) is 11.5. The first-order valence-corrected chi connectivity index (χ1v) is 7.16. The van der Waals surface area contributed by atoms with Gasteiger partial charge in [-0.15, -0.1) is 0 Å². The van der Waals surface area contributed by atoms with Crippen LogP contribution in [0.3, 0.4) is 0 Å². The summed E-state index contributed by atoms with van der Waals surface area (Å²) in [5, 5.41) is 19.1. The number of aliphatic hydroxyl groups excluding tert-OH is 1. The molecule has 1 atom stereocenters. The smallest absolute Gasteiger partial charge is 0.0991 e. The summed E-state index contributed by atoms with van der Waals surface area (Å²) in [6.45, 7) is 3.83. The summed E-state index contributed by atoms with van der Waals surface area (Å²) in [6, 6.07) is 9.98. The van der Waals surface area contributed by atoms with Gasteiger partial charge in [0, 0.05) is 12.6 Å². The third kappa shape index (κ3) is 3.56. The van der Waals surface area contributed by atoms with Crippen LogP contribution >= 0.6 is 0 Å². The van der Waals surface area contributed by atoms with E-state index in [1.165, 1.54) is 25.7 Å². The lowest BCUT2D eigenvalue weighted by molar-refractivity contribution is 0.0914. The largest absolute Gasteiger partial charge is 0.387 e. The third-order valence-corrected chi connectivity index (χ3v) is 4.08. The lowest BCUT2D eigenvalue weighted by Gasteiger charge is -2.29. The zero-order chi connectivity index (χ0) is 13.7. The van der Waals surface area contributed by atoms with Crippen LogP contribution in [0, 0.1) is 11.3 Å². The minimum atomic E-state index is -0.465. The molecule has 0 amide bonds. The number of rotatable bonds is 5. The van der Waals surface area contributed by atoms with Crippen LogP contribution in [0.2, 0.25) is 0 Å². The molecule has 3 nitrogen and oxygen atoms in total. The molecule has 1 aromatic rings. The molecule has 1 aliphatic rings. The Morgan fingerprint density at radius 3 is 2.47 bits per heavy atom. The van der Waals surface area contributed by atoms with Gasteiger partial charge in [-0.3, -0.25) is 4.90 Å². The van der Waals surface area contributed by atoms with Crippen LogP contribution in [-0.2, 0) is 0 Å². The van der Waals surface area contributed by atoms with E-state index in [-0.39, 0.29) is 0 Å². The van der Waals surface area contributed by atoms with E-state index in [0.717, 1.165) is 12.1 Å². The average Bonchev–Trinajstić information content (AvgIpc) is 2.98. The van der Waals surface area contributed by atoms with Gasteiger partial charge < -0.3 is 5.11 Å². The van der Waals surface area contributed by atoms with Gasteiger partial charge in [0.05, 0.1) is 17.7 Å². The van der Waals surface area contributed by atoms with E-state index in [0.29, 0.717) is 18.2 Å². The Bertz CT molecular complexity index is 429. The second-order valence-electron chi connectivity index (χ2n) is 5.28. The quantitative estimate of drug-likeness (QED) is 0.883. The number of benzene rings is 1. The highest BCUT2D eigenvalue weighted by atomic mass is 16.3. The van der Waals surface area contributed by atoms with Crippen molar-refractivity contribution in [2.45, 2.75) is 44.8 Å². The van der Waals surface area contributed by atoms with E-state index in [1.54, 1.807) is 12.1 Å². The summed E-state index contributed by atoms with van der Waals surface area (Å²) in [6.07, 6.45) is 4.68. The molecule has 1 saturated carbocycles. The van der Waals surface area contributed by atoms with Gasteiger partial charge in [0.15, 0.2) is 0 Å². The molecule has 1 unspecified atom stereocenters. The predicted molar refractivity (Wildman–Crippen MR) is 75.6 cm³/mol. The van der Waals surface area contributed by atoms with E-state index in [4.69, 9.17) is 5.26 Å². The second-order valence-corrected chi connectivity index (χ2v) is 5.28. The molecule has 0 radical (unpaired) electrons. The van der Waals surface area contributed by atoms with Gasteiger partial charge in [0.2, 0.25) is 0 Å². The maximum atomic E-state index is 10.3. The second kappa shape index (κ2) is 6.70. The zero-order valence-electron chi connectivity index (χ0n) is 11.5. The van der Waals surface area contributed by atoms with E-state index < -0.39 is 6.10 Å². The Kier molecular flexibility index (Phi) is 4.95. The maximum absolute atomic E-state index is 10.3. The normalized spacial score (nSPS) is 17.6. The maximum Gasteiger partial charge on any atom is 0.0991 e. The van der Waals surface area contributed by atoms with E-state index >= 15 is 0 Å². The lowest BCUT2D eigenvalue weighted by atomic mass is 10.1. The first-order chi connectivity index (χ1) is 9.24. The van der Waals surface area contributed by atoms with Gasteiger partial charge in [-0.05, 0) is 37.1 Å². The highest BCUT2D eigenvalue weighted by molar-refractivity contribution is 5.32. The van der Waals surface area contributed by atoms with Gasteiger partial charge >= 0.3 is 0 Å². The Morgan fingerprint density at radius 1 is 1.32 bits per heavy atom. The average molecular weight is 258 g/mol. The van der Waals surface area contributed by atoms with Crippen molar-refractivity contribution in [2.24, 2.45) is 0 Å². The van der Waals surface area contributed by atoms with Gasteiger partial charge in [0.1, 0.15) is 0 Å². The molecule has 0 aromatic heterocycles. The van der Waals surface area contributed by atoms with Crippen LogP contribution < -0.4 is 0 Å². The Labute approximate surface area is 115 Å². The summed E-state index contributed by atoms with van der Waals surface area (Å²) in [4.78, 5) is 2.38. The standard InChI is InChI=1S/C16H22N2O/c1-2-18(15-5-3-4-6-15)12-16(19)14-9-7-13(11-17)8-10-14/h7-10,15-16,19H,2-6,12H2,1H3. The van der Waals surface area contributed by atoms with E-state index in [2.05, 4.69) is 17.9 Å². The van der Waals surface area contributed by atoms with Crippen LogP contribution in [-0.4, -0.2) is 29.1 Å². The van der Waals surface area contributed by atoms with Crippen molar-refractivity contribution in [3.63, 3.8) is 0 Å². The van der Waals surface area contributed by atoms with Crippen molar-refractivity contribution in [3.05, 3.63) is 35.4 Å². The summed E-state index contributed by atoms with van der Waals surface area (Å²) in [5.74, 6) is 0. The molecule has 0 spiro atoms. The van der Waals surface area contributed by atoms with E-state index in [1.807, 2.05) is 12.1 Å². The van der Waals surface area contributed by atoms with Crippen LogP contribution in [0.4, 0.5) is 0 Å². The minimum Gasteiger partial charge on any atom is -0.387 e. The highest BCUT2D eigenvalue weighted by Crippen LogP contribution is 2.25. The van der Waals surface area contributed by atoms with Gasteiger partial charge in [-0.1, -0.05) is 31.9 Å². The molecule has 0 bridgehead atoms. The Hall–Kier alpha value is -1.37. The minimum absolute atomic E-state index is 0.465. The van der Waals surface area contributed by atoms with Crippen LogP contribution in [0.5, 0.6) is 0 Å². The summed E-state index contributed by atoms with van der Waals surface area (Å²) in [7, 11) is 0. The molecule has 1 N–H and O–H groups in total. The fraction of sp³-hybridized carbons (Fsp3) is 0.562. The first-order valence-electron chi connectivity index (χ1n) is 7.16. The molecule has 0 heterocycles. The van der Waals surface area contributed by atoms with Gasteiger partial charge in [-0.2, -0.15) is 5.26 Å². The molecule has 1 fully saturated rings. The highest BCUT2D eigenvalue weighted by Gasteiger charge is 2.23. The molecule has 0 aliphatic heterocycles.